The predicted molar refractivity (Wildman–Crippen MR) is 149 cm³/mol. The van der Waals surface area contributed by atoms with Crippen molar-refractivity contribution >= 4 is 28.3 Å². The van der Waals surface area contributed by atoms with Crippen LogP contribution in [0.1, 0.15) is 64.0 Å². The van der Waals surface area contributed by atoms with E-state index in [2.05, 4.69) is 15.6 Å². The number of rotatable bonds is 9. The number of carbonyl (C=O) groups is 2. The number of amides is 2. The number of aromatic nitrogens is 1. The van der Waals surface area contributed by atoms with Gasteiger partial charge in [-0.2, -0.15) is 0 Å². The average molecular weight is 556 g/mol. The number of anilines is 1. The van der Waals surface area contributed by atoms with Crippen LogP contribution in [0.15, 0.2) is 48.7 Å². The van der Waals surface area contributed by atoms with Crippen LogP contribution in [-0.2, 0) is 27.4 Å². The van der Waals surface area contributed by atoms with Crippen molar-refractivity contribution in [3.8, 4) is 10.4 Å². The first-order chi connectivity index (χ1) is 18.6. The molecule has 1 heterocycles. The van der Waals surface area contributed by atoms with Crippen LogP contribution in [0, 0.1) is 17.0 Å². The van der Waals surface area contributed by atoms with Gasteiger partial charge in [0.15, 0.2) is 5.13 Å². The number of nitrogens with zero attached hydrogens (tertiary/aromatic N) is 1. The number of hydrogen-bond acceptors (Lipinski definition) is 5. The van der Waals surface area contributed by atoms with Crippen molar-refractivity contribution in [2.24, 2.45) is 5.41 Å². The van der Waals surface area contributed by atoms with Crippen LogP contribution in [0.3, 0.4) is 0 Å². The van der Waals surface area contributed by atoms with Gasteiger partial charge in [-0.1, -0.05) is 75.6 Å². The van der Waals surface area contributed by atoms with Crippen molar-refractivity contribution in [3.05, 3.63) is 71.4 Å². The third kappa shape index (κ3) is 8.16. The van der Waals surface area contributed by atoms with E-state index in [-0.39, 0.29) is 12.0 Å². The SMILES string of the molecule is CC(C)(C)[C@H](NC(=O)Cc1cc(F)cc(F)c1)C(=O)Nc1ncc(-c2ccccc2COC2CCCCC2)s1. The second kappa shape index (κ2) is 12.8. The molecular weight excluding hydrogens is 520 g/mol. The summed E-state index contributed by atoms with van der Waals surface area (Å²) in [4.78, 5) is 31.2. The molecule has 6 nitrogen and oxygen atoms in total. The van der Waals surface area contributed by atoms with E-state index >= 15 is 0 Å². The molecule has 0 unspecified atom stereocenters. The van der Waals surface area contributed by atoms with E-state index in [0.29, 0.717) is 17.8 Å². The quantitative estimate of drug-likeness (QED) is 0.310. The third-order valence-electron chi connectivity index (χ3n) is 6.77. The Morgan fingerprint density at radius 3 is 2.46 bits per heavy atom. The van der Waals surface area contributed by atoms with Crippen molar-refractivity contribution in [1.82, 2.24) is 10.3 Å². The summed E-state index contributed by atoms with van der Waals surface area (Å²) in [7, 11) is 0. The highest BCUT2D eigenvalue weighted by Gasteiger charge is 2.33. The van der Waals surface area contributed by atoms with Gasteiger partial charge in [-0.05, 0) is 47.1 Å². The summed E-state index contributed by atoms with van der Waals surface area (Å²) in [5.74, 6) is -2.45. The third-order valence-corrected chi connectivity index (χ3v) is 7.71. The number of halogens is 2. The lowest BCUT2D eigenvalue weighted by Gasteiger charge is -2.30. The number of nitrogens with one attached hydrogen (secondary N) is 2. The molecule has 1 aliphatic carbocycles. The Bertz CT molecular complexity index is 1280. The van der Waals surface area contributed by atoms with E-state index < -0.39 is 34.9 Å². The Labute approximate surface area is 232 Å². The van der Waals surface area contributed by atoms with Gasteiger partial charge in [0.2, 0.25) is 11.8 Å². The molecule has 0 bridgehead atoms. The largest absolute Gasteiger partial charge is 0.374 e. The summed E-state index contributed by atoms with van der Waals surface area (Å²) in [5, 5.41) is 5.97. The Balaban J connectivity index is 1.42. The number of hydrogen-bond donors (Lipinski definition) is 2. The maximum atomic E-state index is 13.5. The average Bonchev–Trinajstić information content (AvgIpc) is 3.33. The zero-order chi connectivity index (χ0) is 28.0. The molecule has 208 valence electrons. The van der Waals surface area contributed by atoms with Crippen molar-refractivity contribution in [2.45, 2.75) is 78.0 Å². The molecule has 2 aromatic carbocycles. The number of ether oxygens (including phenoxy) is 1. The lowest BCUT2D eigenvalue weighted by atomic mass is 9.86. The number of carbonyl (C=O) groups excluding carboxylic acids is 2. The molecule has 2 N–H and O–H groups in total. The minimum Gasteiger partial charge on any atom is -0.374 e. The maximum Gasteiger partial charge on any atom is 0.249 e. The highest BCUT2D eigenvalue weighted by molar-refractivity contribution is 7.19. The van der Waals surface area contributed by atoms with Crippen molar-refractivity contribution in [1.29, 1.82) is 0 Å². The van der Waals surface area contributed by atoms with Crippen molar-refractivity contribution < 1.29 is 23.1 Å². The summed E-state index contributed by atoms with van der Waals surface area (Å²) in [6, 6.07) is 10.1. The van der Waals surface area contributed by atoms with Crippen molar-refractivity contribution in [2.75, 3.05) is 5.32 Å². The highest BCUT2D eigenvalue weighted by atomic mass is 32.1. The molecule has 0 saturated heterocycles. The molecule has 1 aromatic heterocycles. The first-order valence-corrected chi connectivity index (χ1v) is 14.1. The summed E-state index contributed by atoms with van der Waals surface area (Å²) < 4.78 is 33.3. The predicted octanol–water partition coefficient (Wildman–Crippen LogP) is 6.65. The van der Waals surface area contributed by atoms with E-state index in [1.54, 1.807) is 6.20 Å². The van der Waals surface area contributed by atoms with Gasteiger partial charge in [-0.15, -0.1) is 0 Å². The van der Waals surface area contributed by atoms with Crippen LogP contribution in [0.5, 0.6) is 0 Å². The van der Waals surface area contributed by atoms with E-state index in [9.17, 15) is 18.4 Å². The molecule has 0 aliphatic heterocycles. The fraction of sp³-hybridized carbons (Fsp3) is 0.433. The minimum atomic E-state index is -0.896. The van der Waals surface area contributed by atoms with Gasteiger partial charge >= 0.3 is 0 Å². The Morgan fingerprint density at radius 2 is 1.77 bits per heavy atom. The van der Waals surface area contributed by atoms with E-state index in [4.69, 9.17) is 4.74 Å². The second-order valence-corrected chi connectivity index (χ2v) is 12.1. The van der Waals surface area contributed by atoms with Gasteiger partial charge < -0.3 is 15.4 Å². The summed E-state index contributed by atoms with van der Waals surface area (Å²) >= 11 is 1.35. The summed E-state index contributed by atoms with van der Waals surface area (Å²) in [5.41, 5.74) is 1.64. The first-order valence-electron chi connectivity index (χ1n) is 13.3. The molecule has 4 rings (SSSR count). The molecule has 1 aliphatic rings. The van der Waals surface area contributed by atoms with Crippen LogP contribution in [0.2, 0.25) is 0 Å². The molecule has 0 spiro atoms. The van der Waals surface area contributed by atoms with E-state index in [1.807, 2.05) is 45.0 Å². The molecule has 2 amide bonds. The van der Waals surface area contributed by atoms with Crippen LogP contribution >= 0.6 is 11.3 Å². The van der Waals surface area contributed by atoms with Gasteiger partial charge in [0.25, 0.3) is 0 Å². The number of thiazole rings is 1. The smallest absolute Gasteiger partial charge is 0.249 e. The van der Waals surface area contributed by atoms with Gasteiger partial charge in [0.05, 0.1) is 24.0 Å². The van der Waals surface area contributed by atoms with Crippen LogP contribution in [0.4, 0.5) is 13.9 Å². The van der Waals surface area contributed by atoms with E-state index in [1.165, 1.54) is 30.6 Å². The maximum absolute atomic E-state index is 13.5. The monoisotopic (exact) mass is 555 g/mol. The lowest BCUT2D eigenvalue weighted by Crippen LogP contribution is -2.51. The standard InChI is InChI=1S/C30H35F2N3O3S/c1-30(2,3)27(34-26(36)15-19-13-21(31)16-22(32)14-19)28(37)35-29-33-17-25(39-29)24-12-8-7-9-20(24)18-38-23-10-5-4-6-11-23/h7-9,12-14,16-17,23,27H,4-6,10-11,15,18H2,1-3H3,(H,34,36)(H,33,35,37)/t27-/m1/s1. The van der Waals surface area contributed by atoms with Gasteiger partial charge in [0, 0.05) is 12.3 Å². The van der Waals surface area contributed by atoms with Crippen molar-refractivity contribution in [3.63, 3.8) is 0 Å². The first kappa shape index (κ1) is 28.8. The second-order valence-electron chi connectivity index (χ2n) is 11.1. The van der Waals surface area contributed by atoms with Gasteiger partial charge in [0.1, 0.15) is 17.7 Å². The summed E-state index contributed by atoms with van der Waals surface area (Å²) in [6.07, 6.45) is 7.67. The highest BCUT2D eigenvalue weighted by Crippen LogP contribution is 2.33. The molecule has 9 heteroatoms. The van der Waals surface area contributed by atoms with Gasteiger partial charge in [-0.25, -0.2) is 13.8 Å². The van der Waals surface area contributed by atoms with Crippen LogP contribution < -0.4 is 10.6 Å². The summed E-state index contributed by atoms with van der Waals surface area (Å²) in [6.45, 7) is 6.01. The Hall–Kier alpha value is -3.17. The lowest BCUT2D eigenvalue weighted by molar-refractivity contribution is -0.128. The normalized spacial score (nSPS) is 15.1. The molecule has 3 aromatic rings. The molecule has 1 saturated carbocycles. The number of benzene rings is 2. The molecule has 1 fully saturated rings. The zero-order valence-corrected chi connectivity index (χ0v) is 23.4. The van der Waals surface area contributed by atoms with Crippen LogP contribution in [0.25, 0.3) is 10.4 Å². The Morgan fingerprint density at radius 1 is 1.08 bits per heavy atom. The van der Waals surface area contributed by atoms with E-state index in [0.717, 1.165) is 47.0 Å². The van der Waals surface area contributed by atoms with Gasteiger partial charge in [-0.3, -0.25) is 9.59 Å². The Kier molecular flexibility index (Phi) is 9.45. The molecule has 39 heavy (non-hydrogen) atoms. The molecule has 0 radical (unpaired) electrons. The molecule has 1 atom stereocenters. The van der Waals surface area contributed by atoms with Crippen LogP contribution in [-0.4, -0.2) is 28.9 Å². The topological polar surface area (TPSA) is 80.3 Å². The fourth-order valence-electron chi connectivity index (χ4n) is 4.75. The zero-order valence-electron chi connectivity index (χ0n) is 22.6. The molecular formula is C30H35F2N3O3S. The fourth-order valence-corrected chi connectivity index (χ4v) is 5.63. The minimum absolute atomic E-state index is 0.189.